The number of pyridine rings is 1. The molecular weight excluding hydrogens is 250 g/mol. The number of nitrogens with one attached hydrogen (secondary N) is 1. The van der Waals surface area contributed by atoms with Crippen LogP contribution in [0.3, 0.4) is 0 Å². The summed E-state index contributed by atoms with van der Waals surface area (Å²) < 4.78 is 0. The third kappa shape index (κ3) is 4.22. The normalized spacial score (nSPS) is 16.1. The van der Waals surface area contributed by atoms with E-state index in [2.05, 4.69) is 29.0 Å². The highest BCUT2D eigenvalue weighted by Gasteiger charge is 2.13. The van der Waals surface area contributed by atoms with Crippen LogP contribution in [0, 0.1) is 5.92 Å². The van der Waals surface area contributed by atoms with Gasteiger partial charge in [-0.05, 0) is 30.9 Å². The minimum atomic E-state index is -0.0737. The highest BCUT2D eigenvalue weighted by atomic mass is 16.1. The number of aromatic nitrogens is 1. The fourth-order valence-corrected chi connectivity index (χ4v) is 2.46. The molecule has 1 aliphatic heterocycles. The minimum Gasteiger partial charge on any atom is -0.371 e. The van der Waals surface area contributed by atoms with E-state index in [1.165, 1.54) is 25.7 Å². The molecule has 2 rings (SSSR count). The quantitative estimate of drug-likeness (QED) is 0.919. The van der Waals surface area contributed by atoms with Gasteiger partial charge in [-0.2, -0.15) is 0 Å². The summed E-state index contributed by atoms with van der Waals surface area (Å²) >= 11 is 0. The lowest BCUT2D eigenvalue weighted by molar-refractivity contribution is 0.0944. The van der Waals surface area contributed by atoms with Crippen LogP contribution in [0.1, 0.15) is 50.0 Å². The van der Waals surface area contributed by atoms with E-state index in [-0.39, 0.29) is 5.91 Å². The predicted octanol–water partition coefficient (Wildman–Crippen LogP) is 2.85. The Morgan fingerprint density at radius 3 is 2.65 bits per heavy atom. The number of anilines is 1. The van der Waals surface area contributed by atoms with Crippen LogP contribution < -0.4 is 10.2 Å². The Balaban J connectivity index is 2.04. The van der Waals surface area contributed by atoms with Gasteiger partial charge in [-0.25, -0.2) is 0 Å². The summed E-state index contributed by atoms with van der Waals surface area (Å²) in [6.45, 7) is 7.02. The first-order chi connectivity index (χ1) is 9.66. The Morgan fingerprint density at radius 1 is 1.30 bits per heavy atom. The number of hydrogen-bond acceptors (Lipinski definition) is 3. The second-order valence-electron chi connectivity index (χ2n) is 5.90. The molecule has 0 unspecified atom stereocenters. The monoisotopic (exact) mass is 275 g/mol. The molecule has 1 aromatic heterocycles. The Morgan fingerprint density at radius 2 is 2.00 bits per heavy atom. The highest BCUT2D eigenvalue weighted by Crippen LogP contribution is 2.19. The summed E-state index contributed by atoms with van der Waals surface area (Å²) in [6, 6.07) is 3.92. The van der Waals surface area contributed by atoms with Gasteiger partial charge in [0.2, 0.25) is 0 Å². The van der Waals surface area contributed by atoms with Crippen molar-refractivity contribution in [1.82, 2.24) is 10.3 Å². The van der Waals surface area contributed by atoms with Gasteiger partial charge in [-0.15, -0.1) is 0 Å². The third-order valence-corrected chi connectivity index (χ3v) is 3.62. The van der Waals surface area contributed by atoms with Crippen LogP contribution in [-0.4, -0.2) is 30.5 Å². The molecule has 0 aromatic carbocycles. The van der Waals surface area contributed by atoms with Gasteiger partial charge in [0, 0.05) is 31.5 Å². The minimum absolute atomic E-state index is 0.0737. The Hall–Kier alpha value is -1.58. The molecule has 0 bridgehead atoms. The molecule has 0 aliphatic carbocycles. The van der Waals surface area contributed by atoms with Crippen LogP contribution in [-0.2, 0) is 0 Å². The molecule has 0 atom stereocenters. The van der Waals surface area contributed by atoms with Crippen molar-refractivity contribution in [2.45, 2.75) is 39.5 Å². The molecule has 4 nitrogen and oxygen atoms in total. The van der Waals surface area contributed by atoms with E-state index in [4.69, 9.17) is 0 Å². The van der Waals surface area contributed by atoms with Gasteiger partial charge < -0.3 is 10.2 Å². The zero-order valence-corrected chi connectivity index (χ0v) is 12.6. The maximum atomic E-state index is 12.1. The number of hydrogen-bond donors (Lipinski definition) is 1. The van der Waals surface area contributed by atoms with Gasteiger partial charge in [0.1, 0.15) is 5.69 Å². The Labute approximate surface area is 121 Å². The molecule has 1 saturated heterocycles. The van der Waals surface area contributed by atoms with E-state index < -0.39 is 0 Å². The van der Waals surface area contributed by atoms with Crippen LogP contribution in [0.25, 0.3) is 0 Å². The average molecular weight is 275 g/mol. The number of rotatable bonds is 4. The summed E-state index contributed by atoms with van der Waals surface area (Å²) in [7, 11) is 0. The van der Waals surface area contributed by atoms with Crippen LogP contribution in [0.2, 0.25) is 0 Å². The molecule has 0 spiro atoms. The van der Waals surface area contributed by atoms with Gasteiger partial charge in [0.15, 0.2) is 0 Å². The van der Waals surface area contributed by atoms with E-state index in [0.29, 0.717) is 18.2 Å². The van der Waals surface area contributed by atoms with Crippen LogP contribution in [0.4, 0.5) is 5.69 Å². The lowest BCUT2D eigenvalue weighted by Gasteiger charge is -2.22. The van der Waals surface area contributed by atoms with Gasteiger partial charge in [0.25, 0.3) is 5.91 Å². The summed E-state index contributed by atoms with van der Waals surface area (Å²) in [5, 5.41) is 2.92. The van der Waals surface area contributed by atoms with Gasteiger partial charge >= 0.3 is 0 Å². The van der Waals surface area contributed by atoms with Crippen molar-refractivity contribution < 1.29 is 4.79 Å². The van der Waals surface area contributed by atoms with Crippen molar-refractivity contribution >= 4 is 11.6 Å². The third-order valence-electron chi connectivity index (χ3n) is 3.62. The number of carbonyl (C=O) groups excluding carboxylic acids is 1. The molecule has 1 amide bonds. The van der Waals surface area contributed by atoms with Crippen molar-refractivity contribution in [3.8, 4) is 0 Å². The Kier molecular flexibility index (Phi) is 5.39. The van der Waals surface area contributed by atoms with Crippen LogP contribution in [0.5, 0.6) is 0 Å². The van der Waals surface area contributed by atoms with Gasteiger partial charge in [-0.1, -0.05) is 26.7 Å². The molecule has 0 radical (unpaired) electrons. The molecule has 4 heteroatoms. The second kappa shape index (κ2) is 7.27. The summed E-state index contributed by atoms with van der Waals surface area (Å²) in [5.41, 5.74) is 1.64. The van der Waals surface area contributed by atoms with Crippen molar-refractivity contribution in [2.24, 2.45) is 5.92 Å². The SMILES string of the molecule is CC(C)CNC(=O)c1cc(N2CCCCCC2)ccn1. The number of nitrogens with zero attached hydrogens (tertiary/aromatic N) is 2. The lowest BCUT2D eigenvalue weighted by atomic mass is 10.2. The maximum absolute atomic E-state index is 12.1. The molecule has 1 fully saturated rings. The molecular formula is C16H25N3O. The number of amides is 1. The van der Waals surface area contributed by atoms with Gasteiger partial charge in [-0.3, -0.25) is 9.78 Å². The first kappa shape index (κ1) is 14.8. The van der Waals surface area contributed by atoms with Crippen LogP contribution >= 0.6 is 0 Å². The van der Waals surface area contributed by atoms with E-state index in [1.54, 1.807) is 6.20 Å². The predicted molar refractivity (Wildman–Crippen MR) is 82.1 cm³/mol. The van der Waals surface area contributed by atoms with E-state index in [9.17, 15) is 4.79 Å². The zero-order valence-electron chi connectivity index (χ0n) is 12.6. The molecule has 1 aromatic rings. The van der Waals surface area contributed by atoms with E-state index in [0.717, 1.165) is 18.8 Å². The smallest absolute Gasteiger partial charge is 0.269 e. The van der Waals surface area contributed by atoms with Crippen molar-refractivity contribution in [3.05, 3.63) is 24.0 Å². The summed E-state index contributed by atoms with van der Waals surface area (Å²) in [4.78, 5) is 18.6. The lowest BCUT2D eigenvalue weighted by Crippen LogP contribution is -2.29. The summed E-state index contributed by atoms with van der Waals surface area (Å²) in [5.74, 6) is 0.378. The van der Waals surface area contributed by atoms with Crippen molar-refractivity contribution in [3.63, 3.8) is 0 Å². The highest BCUT2D eigenvalue weighted by molar-refractivity contribution is 5.93. The molecule has 110 valence electrons. The number of carbonyl (C=O) groups is 1. The Bertz CT molecular complexity index is 437. The van der Waals surface area contributed by atoms with E-state index in [1.807, 2.05) is 12.1 Å². The van der Waals surface area contributed by atoms with E-state index >= 15 is 0 Å². The fraction of sp³-hybridized carbons (Fsp3) is 0.625. The summed E-state index contributed by atoms with van der Waals surface area (Å²) in [6.07, 6.45) is 6.82. The van der Waals surface area contributed by atoms with Gasteiger partial charge in [0.05, 0.1) is 0 Å². The van der Waals surface area contributed by atoms with Crippen molar-refractivity contribution in [2.75, 3.05) is 24.5 Å². The van der Waals surface area contributed by atoms with Crippen molar-refractivity contribution in [1.29, 1.82) is 0 Å². The second-order valence-corrected chi connectivity index (χ2v) is 5.90. The maximum Gasteiger partial charge on any atom is 0.269 e. The largest absolute Gasteiger partial charge is 0.371 e. The molecule has 1 aliphatic rings. The molecule has 2 heterocycles. The molecule has 1 N–H and O–H groups in total. The fourth-order valence-electron chi connectivity index (χ4n) is 2.46. The first-order valence-corrected chi connectivity index (χ1v) is 7.66. The molecule has 0 saturated carbocycles. The standard InChI is InChI=1S/C16H25N3O/c1-13(2)12-18-16(20)15-11-14(7-8-17-15)19-9-5-3-4-6-10-19/h7-8,11,13H,3-6,9-10,12H2,1-2H3,(H,18,20). The first-order valence-electron chi connectivity index (χ1n) is 7.66. The molecule has 20 heavy (non-hydrogen) atoms. The zero-order chi connectivity index (χ0) is 14.4. The van der Waals surface area contributed by atoms with Crippen LogP contribution in [0.15, 0.2) is 18.3 Å². The topological polar surface area (TPSA) is 45.2 Å². The average Bonchev–Trinajstić information content (AvgIpc) is 2.74.